The Hall–Kier alpha value is -1.84. The van der Waals surface area contributed by atoms with Crippen LogP contribution in [-0.4, -0.2) is 29.8 Å². The molecule has 0 atom stereocenters. The van der Waals surface area contributed by atoms with Crippen molar-refractivity contribution in [3.63, 3.8) is 0 Å². The maximum Gasteiger partial charge on any atom is 0.253 e. The van der Waals surface area contributed by atoms with Gasteiger partial charge in [-0.25, -0.2) is 0 Å². The molecule has 2 fully saturated rings. The maximum absolute atomic E-state index is 12.3. The topological polar surface area (TPSA) is 49.4 Å². The number of likely N-dealkylation sites (tertiary alicyclic amines) is 1. The minimum atomic E-state index is 0.0792. The van der Waals surface area contributed by atoms with Gasteiger partial charge in [0.1, 0.15) is 0 Å². The van der Waals surface area contributed by atoms with Crippen molar-refractivity contribution in [3.05, 3.63) is 29.8 Å². The van der Waals surface area contributed by atoms with Crippen LogP contribution in [-0.2, 0) is 4.79 Å². The lowest BCUT2D eigenvalue weighted by Crippen LogP contribution is -2.27. The summed E-state index contributed by atoms with van der Waals surface area (Å²) in [5.74, 6) is 0.915. The third-order valence-corrected chi connectivity index (χ3v) is 5.06. The van der Waals surface area contributed by atoms with Gasteiger partial charge in [0.25, 0.3) is 5.91 Å². The molecule has 1 saturated heterocycles. The number of benzene rings is 1. The summed E-state index contributed by atoms with van der Waals surface area (Å²) in [7, 11) is 0. The van der Waals surface area contributed by atoms with Gasteiger partial charge in [-0.3, -0.25) is 9.59 Å². The van der Waals surface area contributed by atoms with Gasteiger partial charge in [0, 0.05) is 30.8 Å². The number of hydrogen-bond acceptors (Lipinski definition) is 2. The molecule has 2 amide bonds. The second kappa shape index (κ2) is 7.62. The summed E-state index contributed by atoms with van der Waals surface area (Å²) >= 11 is 0. The van der Waals surface area contributed by atoms with Gasteiger partial charge in [-0.2, -0.15) is 0 Å². The molecule has 4 nitrogen and oxygen atoms in total. The predicted octanol–water partition coefficient (Wildman–Crippen LogP) is 3.83. The van der Waals surface area contributed by atoms with Gasteiger partial charge in [-0.05, 0) is 49.4 Å². The van der Waals surface area contributed by atoms with Crippen molar-refractivity contribution >= 4 is 17.5 Å². The first-order valence-electron chi connectivity index (χ1n) is 8.91. The summed E-state index contributed by atoms with van der Waals surface area (Å²) in [5, 5.41) is 2.94. The van der Waals surface area contributed by atoms with Gasteiger partial charge in [0.15, 0.2) is 0 Å². The Morgan fingerprint density at radius 3 is 2.30 bits per heavy atom. The average Bonchev–Trinajstić information content (AvgIpc) is 3.26. The number of nitrogens with one attached hydrogen (secondary N) is 1. The molecular formula is C19H26N2O2. The minimum absolute atomic E-state index is 0.0792. The number of carbonyl (C=O) groups excluding carboxylic acids is 2. The van der Waals surface area contributed by atoms with Crippen molar-refractivity contribution in [1.29, 1.82) is 0 Å². The SMILES string of the molecule is O=C(CCC1CCCC1)Nc1ccc(C(=O)N2CCCC2)cc1. The van der Waals surface area contributed by atoms with Gasteiger partial charge >= 0.3 is 0 Å². The molecule has 1 aromatic carbocycles. The zero-order valence-electron chi connectivity index (χ0n) is 13.7. The third-order valence-electron chi connectivity index (χ3n) is 5.06. The van der Waals surface area contributed by atoms with Crippen LogP contribution in [0.4, 0.5) is 5.69 Å². The first kappa shape index (κ1) is 16.0. The van der Waals surface area contributed by atoms with Crippen molar-refractivity contribution < 1.29 is 9.59 Å². The lowest BCUT2D eigenvalue weighted by Gasteiger charge is -2.15. The zero-order chi connectivity index (χ0) is 16.1. The second-order valence-electron chi connectivity index (χ2n) is 6.81. The van der Waals surface area contributed by atoms with E-state index in [0.717, 1.165) is 44.0 Å². The molecule has 0 aromatic heterocycles. The van der Waals surface area contributed by atoms with E-state index < -0.39 is 0 Å². The van der Waals surface area contributed by atoms with E-state index in [2.05, 4.69) is 5.32 Å². The molecule has 4 heteroatoms. The second-order valence-corrected chi connectivity index (χ2v) is 6.81. The van der Waals surface area contributed by atoms with E-state index >= 15 is 0 Å². The normalized spacial score (nSPS) is 18.3. The fraction of sp³-hybridized carbons (Fsp3) is 0.579. The molecule has 1 saturated carbocycles. The smallest absolute Gasteiger partial charge is 0.253 e. The number of nitrogens with zero attached hydrogens (tertiary/aromatic N) is 1. The minimum Gasteiger partial charge on any atom is -0.339 e. The Bertz CT molecular complexity index is 541. The summed E-state index contributed by atoms with van der Waals surface area (Å²) in [6, 6.07) is 7.29. The van der Waals surface area contributed by atoms with Crippen LogP contribution < -0.4 is 5.32 Å². The van der Waals surface area contributed by atoms with E-state index in [0.29, 0.717) is 12.0 Å². The van der Waals surface area contributed by atoms with Crippen LogP contribution in [0.1, 0.15) is 61.7 Å². The highest BCUT2D eigenvalue weighted by atomic mass is 16.2. The third kappa shape index (κ3) is 4.34. The average molecular weight is 314 g/mol. The Kier molecular flexibility index (Phi) is 5.31. The Labute approximate surface area is 138 Å². The molecule has 0 radical (unpaired) electrons. The van der Waals surface area contributed by atoms with E-state index in [4.69, 9.17) is 0 Å². The molecular weight excluding hydrogens is 288 g/mol. The Balaban J connectivity index is 1.48. The van der Waals surface area contributed by atoms with Gasteiger partial charge < -0.3 is 10.2 Å². The number of hydrogen-bond donors (Lipinski definition) is 1. The zero-order valence-corrected chi connectivity index (χ0v) is 13.7. The molecule has 23 heavy (non-hydrogen) atoms. The predicted molar refractivity (Wildman–Crippen MR) is 91.4 cm³/mol. The van der Waals surface area contributed by atoms with Crippen LogP contribution in [0.25, 0.3) is 0 Å². The molecule has 1 aliphatic carbocycles. The van der Waals surface area contributed by atoms with Gasteiger partial charge in [0.05, 0.1) is 0 Å². The van der Waals surface area contributed by atoms with E-state index in [1.54, 1.807) is 0 Å². The van der Waals surface area contributed by atoms with E-state index in [1.807, 2.05) is 29.2 Å². The van der Waals surface area contributed by atoms with Gasteiger partial charge in [-0.15, -0.1) is 0 Å². The molecule has 1 N–H and O–H groups in total. The van der Waals surface area contributed by atoms with Crippen LogP contribution in [0, 0.1) is 5.92 Å². The van der Waals surface area contributed by atoms with Crippen molar-refractivity contribution in [2.45, 2.75) is 51.4 Å². The van der Waals surface area contributed by atoms with Crippen molar-refractivity contribution in [2.24, 2.45) is 5.92 Å². The lowest BCUT2D eigenvalue weighted by atomic mass is 10.0. The number of amides is 2. The molecule has 0 unspecified atom stereocenters. The van der Waals surface area contributed by atoms with Crippen LogP contribution >= 0.6 is 0 Å². The Morgan fingerprint density at radius 2 is 1.65 bits per heavy atom. The largest absolute Gasteiger partial charge is 0.339 e. The summed E-state index contributed by atoms with van der Waals surface area (Å²) < 4.78 is 0. The molecule has 2 aliphatic rings. The molecule has 1 aliphatic heterocycles. The summed E-state index contributed by atoms with van der Waals surface area (Å²) in [5.41, 5.74) is 1.48. The van der Waals surface area contributed by atoms with Crippen LogP contribution in [0.2, 0.25) is 0 Å². The van der Waals surface area contributed by atoms with Crippen molar-refractivity contribution in [3.8, 4) is 0 Å². The molecule has 124 valence electrons. The highest BCUT2D eigenvalue weighted by molar-refractivity contribution is 5.96. The maximum atomic E-state index is 12.3. The number of rotatable bonds is 5. The fourth-order valence-electron chi connectivity index (χ4n) is 3.66. The molecule has 3 rings (SSSR count). The monoisotopic (exact) mass is 314 g/mol. The van der Waals surface area contributed by atoms with E-state index in [9.17, 15) is 9.59 Å². The van der Waals surface area contributed by atoms with E-state index in [-0.39, 0.29) is 11.8 Å². The van der Waals surface area contributed by atoms with Crippen LogP contribution in [0.3, 0.4) is 0 Å². The first-order chi connectivity index (χ1) is 11.2. The van der Waals surface area contributed by atoms with Crippen molar-refractivity contribution in [1.82, 2.24) is 4.90 Å². The standard InChI is InChI=1S/C19H26N2O2/c22-18(12-7-15-5-1-2-6-15)20-17-10-8-16(9-11-17)19(23)21-13-3-4-14-21/h8-11,15H,1-7,12-14H2,(H,20,22). The summed E-state index contributed by atoms with van der Waals surface area (Å²) in [6.45, 7) is 1.72. The van der Waals surface area contributed by atoms with Gasteiger partial charge in [-0.1, -0.05) is 25.7 Å². The molecule has 1 heterocycles. The van der Waals surface area contributed by atoms with Crippen molar-refractivity contribution in [2.75, 3.05) is 18.4 Å². The molecule has 0 spiro atoms. The highest BCUT2D eigenvalue weighted by Crippen LogP contribution is 2.28. The molecule has 1 aromatic rings. The number of anilines is 1. The molecule has 0 bridgehead atoms. The summed E-state index contributed by atoms with van der Waals surface area (Å²) in [6.07, 6.45) is 8.98. The Morgan fingerprint density at radius 1 is 1.00 bits per heavy atom. The van der Waals surface area contributed by atoms with Crippen LogP contribution in [0.15, 0.2) is 24.3 Å². The quantitative estimate of drug-likeness (QED) is 0.898. The van der Waals surface area contributed by atoms with E-state index in [1.165, 1.54) is 25.7 Å². The summed E-state index contributed by atoms with van der Waals surface area (Å²) in [4.78, 5) is 26.2. The van der Waals surface area contributed by atoms with Gasteiger partial charge in [0.2, 0.25) is 5.91 Å². The lowest BCUT2D eigenvalue weighted by molar-refractivity contribution is -0.116. The highest BCUT2D eigenvalue weighted by Gasteiger charge is 2.19. The van der Waals surface area contributed by atoms with Crippen LogP contribution in [0.5, 0.6) is 0 Å². The number of carbonyl (C=O) groups is 2. The first-order valence-corrected chi connectivity index (χ1v) is 8.91. The fourth-order valence-corrected chi connectivity index (χ4v) is 3.66.